The summed E-state index contributed by atoms with van der Waals surface area (Å²) >= 11 is 3.41. The second-order valence-corrected chi connectivity index (χ2v) is 5.65. The number of hydrogen-bond acceptors (Lipinski definition) is 4. The van der Waals surface area contributed by atoms with Gasteiger partial charge in [0.15, 0.2) is 11.5 Å². The molecule has 7 heteroatoms. The van der Waals surface area contributed by atoms with Crippen molar-refractivity contribution in [3.05, 3.63) is 22.2 Å². The van der Waals surface area contributed by atoms with Gasteiger partial charge in [-0.2, -0.15) is 0 Å². The summed E-state index contributed by atoms with van der Waals surface area (Å²) in [5.74, 6) is 1.35. The van der Waals surface area contributed by atoms with Gasteiger partial charge in [-0.15, -0.1) is 12.4 Å². The fraction of sp³-hybridized carbons (Fsp3) is 0.462. The number of hydrogen-bond donors (Lipinski definition) is 2. The molecule has 1 aromatic carbocycles. The first-order valence-corrected chi connectivity index (χ1v) is 6.89. The summed E-state index contributed by atoms with van der Waals surface area (Å²) in [4.78, 5) is 11.8. The second-order valence-electron chi connectivity index (χ2n) is 4.80. The normalized spacial score (nSPS) is 13.8. The molecule has 1 aliphatic heterocycles. The van der Waals surface area contributed by atoms with Crippen LogP contribution in [0.2, 0.25) is 0 Å². The predicted molar refractivity (Wildman–Crippen MR) is 82.2 cm³/mol. The van der Waals surface area contributed by atoms with Gasteiger partial charge in [0.25, 0.3) is 0 Å². The van der Waals surface area contributed by atoms with Crippen LogP contribution >= 0.6 is 28.3 Å². The monoisotopic (exact) mass is 364 g/mol. The van der Waals surface area contributed by atoms with E-state index < -0.39 is 6.04 Å². The van der Waals surface area contributed by atoms with Crippen LogP contribution in [0.25, 0.3) is 0 Å². The lowest BCUT2D eigenvalue weighted by molar-refractivity contribution is -0.123. The average molecular weight is 366 g/mol. The zero-order valence-electron chi connectivity index (χ0n) is 11.3. The summed E-state index contributed by atoms with van der Waals surface area (Å²) < 4.78 is 11.4. The fourth-order valence-electron chi connectivity index (χ4n) is 1.73. The molecular formula is C13H18BrClN2O3. The Morgan fingerprint density at radius 3 is 2.80 bits per heavy atom. The van der Waals surface area contributed by atoms with E-state index in [4.69, 9.17) is 15.2 Å². The van der Waals surface area contributed by atoms with Gasteiger partial charge in [-0.25, -0.2) is 0 Å². The summed E-state index contributed by atoms with van der Waals surface area (Å²) in [7, 11) is 0. The first kappa shape index (κ1) is 17.1. The van der Waals surface area contributed by atoms with E-state index in [1.54, 1.807) is 0 Å². The van der Waals surface area contributed by atoms with E-state index in [9.17, 15) is 4.79 Å². The third-order valence-electron chi connectivity index (χ3n) is 2.97. The summed E-state index contributed by atoms with van der Waals surface area (Å²) in [5, 5.41) is 2.82. The van der Waals surface area contributed by atoms with Crippen LogP contribution in [0, 0.1) is 5.92 Å². The predicted octanol–water partition coefficient (Wildman–Crippen LogP) is 2.20. The molecule has 0 aliphatic carbocycles. The lowest BCUT2D eigenvalue weighted by Gasteiger charge is -2.15. The van der Waals surface area contributed by atoms with Gasteiger partial charge in [0, 0.05) is 6.54 Å². The van der Waals surface area contributed by atoms with Gasteiger partial charge in [-0.3, -0.25) is 4.79 Å². The minimum absolute atomic E-state index is 0. The second kappa shape index (κ2) is 7.15. The number of carbonyl (C=O) groups excluding carboxylic acids is 1. The number of nitrogens with two attached hydrogens (primary N) is 1. The zero-order chi connectivity index (χ0) is 14.0. The maximum atomic E-state index is 11.8. The minimum atomic E-state index is -0.488. The highest BCUT2D eigenvalue weighted by Crippen LogP contribution is 2.39. The van der Waals surface area contributed by atoms with Crippen molar-refractivity contribution in [2.45, 2.75) is 26.4 Å². The van der Waals surface area contributed by atoms with Crippen molar-refractivity contribution in [3.63, 3.8) is 0 Å². The molecule has 112 valence electrons. The molecule has 0 bridgehead atoms. The standard InChI is InChI=1S/C13H17BrN2O3.ClH/c1-7(2)11(15)13(17)16-5-8-3-9(14)12-10(4-8)18-6-19-12;/h3-4,7,11H,5-6,15H2,1-2H3,(H,16,17);1H/t11-;/m0./s1. The Morgan fingerprint density at radius 1 is 1.45 bits per heavy atom. The molecule has 1 aliphatic rings. The summed E-state index contributed by atoms with van der Waals surface area (Å²) in [5.41, 5.74) is 6.71. The van der Waals surface area contributed by atoms with Crippen molar-refractivity contribution in [2.75, 3.05) is 6.79 Å². The Hall–Kier alpha value is -0.980. The van der Waals surface area contributed by atoms with Gasteiger partial charge in [0.1, 0.15) is 0 Å². The molecule has 1 aromatic rings. The fourth-order valence-corrected chi connectivity index (χ4v) is 2.34. The largest absolute Gasteiger partial charge is 0.454 e. The number of ether oxygens (including phenoxy) is 2. The topological polar surface area (TPSA) is 73.6 Å². The molecule has 5 nitrogen and oxygen atoms in total. The molecule has 0 fully saturated rings. The van der Waals surface area contributed by atoms with Crippen molar-refractivity contribution in [1.29, 1.82) is 0 Å². The number of halogens is 2. The summed E-state index contributed by atoms with van der Waals surface area (Å²) in [6, 6.07) is 3.26. The number of fused-ring (bicyclic) bond motifs is 1. The van der Waals surface area contributed by atoms with Crippen LogP contribution in [-0.2, 0) is 11.3 Å². The molecular weight excluding hydrogens is 348 g/mol. The van der Waals surface area contributed by atoms with Gasteiger partial charge >= 0.3 is 0 Å². The first-order chi connectivity index (χ1) is 8.99. The molecule has 3 N–H and O–H groups in total. The smallest absolute Gasteiger partial charge is 0.237 e. The zero-order valence-corrected chi connectivity index (χ0v) is 13.7. The van der Waals surface area contributed by atoms with E-state index in [2.05, 4.69) is 21.2 Å². The molecule has 0 saturated heterocycles. The van der Waals surface area contributed by atoms with Gasteiger partial charge in [0.05, 0.1) is 10.5 Å². The first-order valence-electron chi connectivity index (χ1n) is 6.10. The van der Waals surface area contributed by atoms with E-state index >= 15 is 0 Å². The quantitative estimate of drug-likeness (QED) is 0.858. The van der Waals surface area contributed by atoms with Crippen LogP contribution in [0.4, 0.5) is 0 Å². The van der Waals surface area contributed by atoms with Crippen LogP contribution in [0.1, 0.15) is 19.4 Å². The minimum Gasteiger partial charge on any atom is -0.454 e. The molecule has 1 atom stereocenters. The number of benzene rings is 1. The highest BCUT2D eigenvalue weighted by atomic mass is 79.9. The molecule has 0 unspecified atom stereocenters. The maximum Gasteiger partial charge on any atom is 0.237 e. The van der Waals surface area contributed by atoms with Crippen LogP contribution in [0.5, 0.6) is 11.5 Å². The lowest BCUT2D eigenvalue weighted by atomic mass is 10.0. The Balaban J connectivity index is 0.00000200. The van der Waals surface area contributed by atoms with Gasteiger partial charge in [-0.05, 0) is 39.5 Å². The van der Waals surface area contributed by atoms with E-state index in [1.807, 2.05) is 26.0 Å². The molecule has 0 radical (unpaired) electrons. The highest BCUT2D eigenvalue weighted by Gasteiger charge is 2.19. The Kier molecular flexibility index (Phi) is 6.10. The number of nitrogens with one attached hydrogen (secondary N) is 1. The third-order valence-corrected chi connectivity index (χ3v) is 3.56. The Labute approximate surface area is 132 Å². The summed E-state index contributed by atoms with van der Waals surface area (Å²) in [6.45, 7) is 4.47. The Bertz CT molecular complexity index is 497. The molecule has 1 amide bonds. The summed E-state index contributed by atoms with van der Waals surface area (Å²) in [6.07, 6.45) is 0. The maximum absolute atomic E-state index is 11.8. The SMILES string of the molecule is CC(C)[C@H](N)C(=O)NCc1cc(Br)c2c(c1)OCO2.Cl. The van der Waals surface area contributed by atoms with Crippen molar-refractivity contribution in [1.82, 2.24) is 5.32 Å². The van der Waals surface area contributed by atoms with Crippen molar-refractivity contribution in [2.24, 2.45) is 11.7 Å². The van der Waals surface area contributed by atoms with E-state index in [0.717, 1.165) is 10.0 Å². The van der Waals surface area contributed by atoms with Crippen molar-refractivity contribution >= 4 is 34.2 Å². The van der Waals surface area contributed by atoms with Crippen molar-refractivity contribution in [3.8, 4) is 11.5 Å². The molecule has 20 heavy (non-hydrogen) atoms. The van der Waals surface area contributed by atoms with E-state index in [1.165, 1.54) is 0 Å². The third kappa shape index (κ3) is 3.77. The molecule has 0 spiro atoms. The number of amides is 1. The average Bonchev–Trinajstić information content (AvgIpc) is 2.83. The molecule has 0 saturated carbocycles. The van der Waals surface area contributed by atoms with Crippen molar-refractivity contribution < 1.29 is 14.3 Å². The molecule has 1 heterocycles. The molecule has 0 aromatic heterocycles. The van der Waals surface area contributed by atoms with Gasteiger partial charge in [0.2, 0.25) is 12.7 Å². The molecule has 2 rings (SSSR count). The highest BCUT2D eigenvalue weighted by molar-refractivity contribution is 9.10. The number of carbonyl (C=O) groups is 1. The van der Waals surface area contributed by atoms with Gasteiger partial charge in [-0.1, -0.05) is 13.8 Å². The van der Waals surface area contributed by atoms with E-state index in [0.29, 0.717) is 18.0 Å². The van der Waals surface area contributed by atoms with Gasteiger partial charge < -0.3 is 20.5 Å². The van der Waals surface area contributed by atoms with Crippen LogP contribution in [0.15, 0.2) is 16.6 Å². The number of rotatable bonds is 4. The van der Waals surface area contributed by atoms with Crippen LogP contribution in [-0.4, -0.2) is 18.7 Å². The Morgan fingerprint density at radius 2 is 2.15 bits per heavy atom. The van der Waals surface area contributed by atoms with E-state index in [-0.39, 0.29) is 31.0 Å². The lowest BCUT2D eigenvalue weighted by Crippen LogP contribution is -2.43. The van der Waals surface area contributed by atoms with Crippen LogP contribution in [0.3, 0.4) is 0 Å². The van der Waals surface area contributed by atoms with Crippen LogP contribution < -0.4 is 20.5 Å².